The second-order valence-electron chi connectivity index (χ2n) is 3.75. The maximum atomic E-state index is 10.1. The molecule has 1 heterocycles. The topological polar surface area (TPSA) is 58.3 Å². The lowest BCUT2D eigenvalue weighted by Gasteiger charge is -2.30. The van der Waals surface area contributed by atoms with Gasteiger partial charge in [-0.3, -0.25) is 0 Å². The fraction of sp³-hybridized carbons (Fsp3) is 1.00. The standard InChI is InChI=1S/C9H20N2O/c1-2-3-8(6-10)9(12)4-5-11-7-9/h8,11-12H,2-7,10H2,1H3. The van der Waals surface area contributed by atoms with E-state index in [4.69, 9.17) is 5.73 Å². The van der Waals surface area contributed by atoms with Crippen LogP contribution in [0.15, 0.2) is 0 Å². The Balaban J connectivity index is 2.50. The number of nitrogens with two attached hydrogens (primary N) is 1. The normalized spacial score (nSPS) is 32.2. The van der Waals surface area contributed by atoms with E-state index in [-0.39, 0.29) is 5.92 Å². The largest absolute Gasteiger partial charge is 0.388 e. The van der Waals surface area contributed by atoms with Crippen LogP contribution in [-0.4, -0.2) is 30.3 Å². The lowest BCUT2D eigenvalue weighted by Crippen LogP contribution is -2.43. The zero-order chi connectivity index (χ0) is 9.03. The average molecular weight is 172 g/mol. The fourth-order valence-electron chi connectivity index (χ4n) is 2.00. The highest BCUT2D eigenvalue weighted by molar-refractivity contribution is 4.93. The zero-order valence-electron chi connectivity index (χ0n) is 7.84. The summed E-state index contributed by atoms with van der Waals surface area (Å²) in [7, 11) is 0. The van der Waals surface area contributed by atoms with Crippen molar-refractivity contribution in [3.05, 3.63) is 0 Å². The first-order chi connectivity index (χ1) is 5.73. The molecule has 3 nitrogen and oxygen atoms in total. The molecule has 0 bridgehead atoms. The van der Waals surface area contributed by atoms with Crippen LogP contribution in [0.5, 0.6) is 0 Å². The van der Waals surface area contributed by atoms with E-state index < -0.39 is 5.60 Å². The summed E-state index contributed by atoms with van der Waals surface area (Å²) in [5.41, 5.74) is 5.11. The van der Waals surface area contributed by atoms with Gasteiger partial charge in [-0.05, 0) is 25.9 Å². The summed E-state index contributed by atoms with van der Waals surface area (Å²) in [6.45, 7) is 4.38. The van der Waals surface area contributed by atoms with Gasteiger partial charge in [0.05, 0.1) is 5.60 Å². The van der Waals surface area contributed by atoms with Crippen LogP contribution in [0.4, 0.5) is 0 Å². The van der Waals surface area contributed by atoms with Gasteiger partial charge in [0.15, 0.2) is 0 Å². The van der Waals surface area contributed by atoms with Gasteiger partial charge in [-0.1, -0.05) is 13.3 Å². The highest BCUT2D eigenvalue weighted by atomic mass is 16.3. The van der Waals surface area contributed by atoms with Gasteiger partial charge >= 0.3 is 0 Å². The van der Waals surface area contributed by atoms with Gasteiger partial charge in [0.1, 0.15) is 0 Å². The molecule has 0 aromatic heterocycles. The maximum absolute atomic E-state index is 10.1. The number of hydrogen-bond donors (Lipinski definition) is 3. The van der Waals surface area contributed by atoms with Crippen molar-refractivity contribution < 1.29 is 5.11 Å². The molecular weight excluding hydrogens is 152 g/mol. The molecule has 1 saturated heterocycles. The third-order valence-electron chi connectivity index (χ3n) is 2.85. The molecule has 1 aliphatic heterocycles. The molecule has 12 heavy (non-hydrogen) atoms. The molecule has 1 fully saturated rings. The molecule has 3 heteroatoms. The molecule has 1 rings (SSSR count). The molecule has 1 aliphatic rings. The quantitative estimate of drug-likeness (QED) is 0.563. The van der Waals surface area contributed by atoms with Gasteiger partial charge in [-0.15, -0.1) is 0 Å². The number of β-amino-alcohol motifs (C(OH)–C–C–N with tert-alkyl or cyclic N) is 1. The van der Waals surface area contributed by atoms with Crippen LogP contribution in [0, 0.1) is 5.92 Å². The Morgan fingerprint density at radius 1 is 1.67 bits per heavy atom. The highest BCUT2D eigenvalue weighted by Crippen LogP contribution is 2.27. The van der Waals surface area contributed by atoms with E-state index in [0.29, 0.717) is 6.54 Å². The van der Waals surface area contributed by atoms with Crippen LogP contribution >= 0.6 is 0 Å². The van der Waals surface area contributed by atoms with Crippen molar-refractivity contribution in [1.82, 2.24) is 5.32 Å². The SMILES string of the molecule is CCCC(CN)C1(O)CCNC1. The molecule has 2 atom stereocenters. The van der Waals surface area contributed by atoms with Crippen LogP contribution in [0.3, 0.4) is 0 Å². The minimum Gasteiger partial charge on any atom is -0.388 e. The van der Waals surface area contributed by atoms with Crippen LogP contribution in [-0.2, 0) is 0 Å². The summed E-state index contributed by atoms with van der Waals surface area (Å²) in [5.74, 6) is 0.275. The second kappa shape index (κ2) is 4.21. The fourth-order valence-corrected chi connectivity index (χ4v) is 2.00. The zero-order valence-corrected chi connectivity index (χ0v) is 7.84. The maximum Gasteiger partial charge on any atom is 0.0823 e. The smallest absolute Gasteiger partial charge is 0.0823 e. The molecule has 0 saturated carbocycles. The lowest BCUT2D eigenvalue weighted by molar-refractivity contribution is 0.0000734. The van der Waals surface area contributed by atoms with Gasteiger partial charge < -0.3 is 16.2 Å². The lowest BCUT2D eigenvalue weighted by atomic mass is 9.83. The van der Waals surface area contributed by atoms with Gasteiger partial charge in [-0.2, -0.15) is 0 Å². The Kier molecular flexibility index (Phi) is 3.50. The average Bonchev–Trinajstić information content (AvgIpc) is 2.49. The Hall–Kier alpha value is -0.120. The van der Waals surface area contributed by atoms with Crippen molar-refractivity contribution in [3.63, 3.8) is 0 Å². The van der Waals surface area contributed by atoms with Crippen LogP contribution in [0.1, 0.15) is 26.2 Å². The highest BCUT2D eigenvalue weighted by Gasteiger charge is 2.37. The first-order valence-electron chi connectivity index (χ1n) is 4.86. The number of rotatable bonds is 4. The van der Waals surface area contributed by atoms with E-state index in [1.165, 1.54) is 0 Å². The Morgan fingerprint density at radius 2 is 2.42 bits per heavy atom. The van der Waals surface area contributed by atoms with Crippen molar-refractivity contribution >= 4 is 0 Å². The molecule has 0 aromatic carbocycles. The van der Waals surface area contributed by atoms with Gasteiger partial charge in [-0.25, -0.2) is 0 Å². The summed E-state index contributed by atoms with van der Waals surface area (Å²) in [4.78, 5) is 0. The van der Waals surface area contributed by atoms with Crippen LogP contribution < -0.4 is 11.1 Å². The van der Waals surface area contributed by atoms with Crippen molar-refractivity contribution in [2.45, 2.75) is 31.8 Å². The van der Waals surface area contributed by atoms with Crippen molar-refractivity contribution in [2.24, 2.45) is 11.7 Å². The molecular formula is C9H20N2O. The van der Waals surface area contributed by atoms with Gasteiger partial charge in [0.25, 0.3) is 0 Å². The molecule has 0 amide bonds. The molecule has 72 valence electrons. The first kappa shape index (κ1) is 9.96. The van der Waals surface area contributed by atoms with E-state index in [0.717, 1.165) is 32.4 Å². The predicted octanol–water partition coefficient (Wildman–Crippen LogP) is 0.0858. The molecule has 0 radical (unpaired) electrons. The van der Waals surface area contributed by atoms with Crippen LogP contribution in [0.25, 0.3) is 0 Å². The Labute approximate surface area is 74.3 Å². The molecule has 4 N–H and O–H groups in total. The molecule has 0 aliphatic carbocycles. The minimum atomic E-state index is -0.523. The van der Waals surface area contributed by atoms with Crippen molar-refractivity contribution in [1.29, 1.82) is 0 Å². The Bertz CT molecular complexity index is 132. The summed E-state index contributed by atoms with van der Waals surface area (Å²) in [5, 5.41) is 13.3. The molecule has 0 aromatic rings. The van der Waals surface area contributed by atoms with E-state index in [1.807, 2.05) is 0 Å². The minimum absolute atomic E-state index is 0.275. The third-order valence-corrected chi connectivity index (χ3v) is 2.85. The summed E-state index contributed by atoms with van der Waals surface area (Å²) >= 11 is 0. The Morgan fingerprint density at radius 3 is 2.83 bits per heavy atom. The number of hydrogen-bond acceptors (Lipinski definition) is 3. The van der Waals surface area contributed by atoms with Crippen molar-refractivity contribution in [2.75, 3.05) is 19.6 Å². The molecule has 0 spiro atoms. The summed E-state index contributed by atoms with van der Waals surface area (Å²) in [6.07, 6.45) is 2.99. The van der Waals surface area contributed by atoms with E-state index >= 15 is 0 Å². The number of aliphatic hydroxyl groups is 1. The monoisotopic (exact) mass is 172 g/mol. The third kappa shape index (κ3) is 1.97. The van der Waals surface area contributed by atoms with E-state index in [9.17, 15) is 5.11 Å². The number of nitrogens with one attached hydrogen (secondary N) is 1. The summed E-state index contributed by atoms with van der Waals surface area (Å²) in [6, 6.07) is 0. The molecule has 2 unspecified atom stereocenters. The predicted molar refractivity (Wildman–Crippen MR) is 49.9 cm³/mol. The van der Waals surface area contributed by atoms with Crippen molar-refractivity contribution in [3.8, 4) is 0 Å². The van der Waals surface area contributed by atoms with Gasteiger partial charge in [0, 0.05) is 12.5 Å². The van der Waals surface area contributed by atoms with Crippen LogP contribution in [0.2, 0.25) is 0 Å². The van der Waals surface area contributed by atoms with E-state index in [1.54, 1.807) is 0 Å². The summed E-state index contributed by atoms with van der Waals surface area (Å²) < 4.78 is 0. The van der Waals surface area contributed by atoms with E-state index in [2.05, 4.69) is 12.2 Å². The van der Waals surface area contributed by atoms with Gasteiger partial charge in [0.2, 0.25) is 0 Å². The second-order valence-corrected chi connectivity index (χ2v) is 3.75. The first-order valence-corrected chi connectivity index (χ1v) is 4.86.